The molecule has 0 radical (unpaired) electrons. The van der Waals surface area contributed by atoms with Crippen molar-refractivity contribution in [3.05, 3.63) is 468 Å². The number of ether oxygens (including phenoxy) is 2. The largest absolute Gasteiger partial charge is 0.457 e. The van der Waals surface area contributed by atoms with E-state index < -0.39 is 10.8 Å². The first kappa shape index (κ1) is 73.5. The van der Waals surface area contributed by atoms with Crippen LogP contribution in [0.25, 0.3) is 67.8 Å². The molecular formula is C110H86F2N2O2. The van der Waals surface area contributed by atoms with Crippen molar-refractivity contribution in [2.75, 3.05) is 9.80 Å². The standard InChI is InChI=1S/C110H86F2N2O2/c1-9-73-19-61-95(62-20-73)115-97-65-43-85(44-66-97)109(83-39-35-81(36-40-83)107(3,4)5)103-17-13-11-15-99(103)101-69-59-93(71-105(101)109)113(89-51-27-77(28-52-89)75-23-47-87(111)48-24-75)91-55-31-79(32-56-91)80-33-57-92(58-34-80)114(90-53-29-78(30-54-90)76-25-49-88(112)50-26-76)94-60-70-102-100-16-12-14-18-104(100)110(106(102)72-94,84-41-37-82(38-42-84)108(6,7)8)86-45-67-98(68-46-86)116-96-63-21-74(10-2)22-64-96/h9-72H,1-2H2,3-8H3. The fourth-order valence-electron chi connectivity index (χ4n) is 17.4. The maximum atomic E-state index is 14.4. The highest BCUT2D eigenvalue weighted by molar-refractivity contribution is 5.93. The van der Waals surface area contributed by atoms with Crippen LogP contribution < -0.4 is 19.3 Å². The van der Waals surface area contributed by atoms with E-state index in [1.54, 1.807) is 0 Å². The van der Waals surface area contributed by atoms with Crippen molar-refractivity contribution in [2.24, 2.45) is 0 Å². The number of rotatable bonds is 19. The van der Waals surface area contributed by atoms with E-state index >= 15 is 0 Å². The Balaban J connectivity index is 0.746. The lowest BCUT2D eigenvalue weighted by Gasteiger charge is -2.35. The summed E-state index contributed by atoms with van der Waals surface area (Å²) in [6, 6.07) is 132. The summed E-state index contributed by atoms with van der Waals surface area (Å²) in [5, 5.41) is 0. The van der Waals surface area contributed by atoms with Gasteiger partial charge < -0.3 is 19.3 Å². The molecule has 0 saturated heterocycles. The zero-order valence-corrected chi connectivity index (χ0v) is 65.8. The predicted octanol–water partition coefficient (Wildman–Crippen LogP) is 30.1. The van der Waals surface area contributed by atoms with Gasteiger partial charge in [0, 0.05) is 34.1 Å². The second kappa shape index (κ2) is 29.9. The van der Waals surface area contributed by atoms with Crippen LogP contribution in [0.1, 0.15) is 108 Å². The van der Waals surface area contributed by atoms with E-state index in [9.17, 15) is 8.78 Å². The minimum atomic E-state index is -0.751. The van der Waals surface area contributed by atoms with E-state index in [1.807, 2.05) is 84.9 Å². The molecule has 0 bridgehead atoms. The lowest BCUT2D eigenvalue weighted by molar-refractivity contribution is 0.482. The molecule has 0 heterocycles. The molecule has 0 saturated carbocycles. The first-order valence-electron chi connectivity index (χ1n) is 39.7. The molecule has 6 heteroatoms. The molecule has 2 aliphatic carbocycles. The van der Waals surface area contributed by atoms with Crippen LogP contribution in [-0.2, 0) is 21.7 Å². The molecule has 2 aliphatic rings. The molecule has 562 valence electrons. The first-order chi connectivity index (χ1) is 56.4. The molecule has 0 aliphatic heterocycles. The van der Waals surface area contributed by atoms with E-state index in [0.717, 1.165) is 146 Å². The molecule has 4 nitrogen and oxygen atoms in total. The van der Waals surface area contributed by atoms with E-state index in [2.05, 4.69) is 344 Å². The summed E-state index contributed by atoms with van der Waals surface area (Å²) in [6.45, 7) is 21.5. The Bertz CT molecular complexity index is 5910. The monoisotopic (exact) mass is 1500 g/mol. The number of anilines is 6. The Morgan fingerprint density at radius 2 is 0.500 bits per heavy atom. The molecule has 0 N–H and O–H groups in total. The van der Waals surface area contributed by atoms with E-state index in [0.29, 0.717) is 0 Å². The van der Waals surface area contributed by atoms with Crippen molar-refractivity contribution in [1.82, 2.24) is 0 Å². The first-order valence-corrected chi connectivity index (χ1v) is 39.7. The Kier molecular flexibility index (Phi) is 18.9. The average Bonchev–Trinajstić information content (AvgIpc) is 1.54. The van der Waals surface area contributed by atoms with Crippen LogP contribution in [0.5, 0.6) is 23.0 Å². The van der Waals surface area contributed by atoms with Gasteiger partial charge in [0.25, 0.3) is 0 Å². The van der Waals surface area contributed by atoms with Gasteiger partial charge in [-0.1, -0.05) is 297 Å². The van der Waals surface area contributed by atoms with E-state index in [-0.39, 0.29) is 22.5 Å². The number of nitrogens with zero attached hydrogens (tertiary/aromatic N) is 2. The molecule has 2 unspecified atom stereocenters. The third kappa shape index (κ3) is 13.5. The van der Waals surface area contributed by atoms with Crippen molar-refractivity contribution in [3.63, 3.8) is 0 Å². The third-order valence-electron chi connectivity index (χ3n) is 23.4. The quantitative estimate of drug-likeness (QED) is 0.0806. The van der Waals surface area contributed by atoms with Gasteiger partial charge in [0.05, 0.1) is 10.8 Å². The Morgan fingerprint density at radius 1 is 0.259 bits per heavy atom. The zero-order chi connectivity index (χ0) is 79.5. The summed E-state index contributed by atoms with van der Waals surface area (Å²) in [4.78, 5) is 4.70. The van der Waals surface area contributed by atoms with Gasteiger partial charge in [-0.3, -0.25) is 0 Å². The Morgan fingerprint density at radius 3 is 0.776 bits per heavy atom. The zero-order valence-electron chi connectivity index (χ0n) is 65.8. The summed E-state index contributed by atoms with van der Waals surface area (Å²) < 4.78 is 41.9. The number of hydrogen-bond donors (Lipinski definition) is 0. The second-order valence-corrected chi connectivity index (χ2v) is 32.4. The summed E-state index contributed by atoms with van der Waals surface area (Å²) in [6.07, 6.45) is 3.67. The maximum absolute atomic E-state index is 14.4. The van der Waals surface area contributed by atoms with Gasteiger partial charge in [0.15, 0.2) is 0 Å². The highest BCUT2D eigenvalue weighted by Gasteiger charge is 2.49. The minimum Gasteiger partial charge on any atom is -0.457 e. The molecular weight excluding hydrogens is 1420 g/mol. The van der Waals surface area contributed by atoms with Gasteiger partial charge in [-0.25, -0.2) is 8.78 Å². The van der Waals surface area contributed by atoms with Gasteiger partial charge in [-0.05, 0) is 279 Å². The van der Waals surface area contributed by atoms with Gasteiger partial charge in [-0.15, -0.1) is 0 Å². The molecule has 16 aromatic carbocycles. The van der Waals surface area contributed by atoms with E-state index in [1.165, 1.54) is 57.6 Å². The third-order valence-corrected chi connectivity index (χ3v) is 23.4. The van der Waals surface area contributed by atoms with Crippen molar-refractivity contribution in [3.8, 4) is 78.6 Å². The van der Waals surface area contributed by atoms with Gasteiger partial charge in [-0.2, -0.15) is 0 Å². The summed E-state index contributed by atoms with van der Waals surface area (Å²) in [7, 11) is 0. The molecule has 0 amide bonds. The van der Waals surface area contributed by atoms with Crippen molar-refractivity contribution in [1.29, 1.82) is 0 Å². The fourth-order valence-corrected chi connectivity index (χ4v) is 17.4. The molecule has 116 heavy (non-hydrogen) atoms. The topological polar surface area (TPSA) is 24.9 Å². The van der Waals surface area contributed by atoms with Crippen LogP contribution in [0, 0.1) is 11.6 Å². The van der Waals surface area contributed by atoms with Crippen LogP contribution >= 0.6 is 0 Å². The van der Waals surface area contributed by atoms with Gasteiger partial charge in [0.1, 0.15) is 34.6 Å². The SMILES string of the molecule is C=Cc1ccc(Oc2ccc(C3(c4ccc(C(C)(C)C)cc4)c4ccccc4-c4ccc(N(c5ccc(-c6ccc(F)cc6)cc5)c5ccc(-c6ccc(N(c7ccc(-c8ccc(F)cc8)cc7)c7ccc8c(c7)C(c7ccc(Oc9ccc(C=C)cc9)cc7)(c7ccc(C(C)(C)C)cc7)c7ccccc7-8)cc6)cc5)cc43)cc2)cc1. The van der Waals surface area contributed by atoms with Crippen molar-refractivity contribution < 1.29 is 18.3 Å². The second-order valence-electron chi connectivity index (χ2n) is 32.4. The fraction of sp³-hybridized carbons (Fsp3) is 0.0909. The normalized spacial score (nSPS) is 14.5. The van der Waals surface area contributed by atoms with Gasteiger partial charge in [0.2, 0.25) is 0 Å². The molecule has 16 aromatic rings. The number of halogens is 2. The lowest BCUT2D eigenvalue weighted by Crippen LogP contribution is -2.29. The van der Waals surface area contributed by atoms with Crippen molar-refractivity contribution in [2.45, 2.75) is 63.2 Å². The lowest BCUT2D eigenvalue weighted by atomic mass is 9.67. The molecule has 0 aromatic heterocycles. The van der Waals surface area contributed by atoms with Crippen LogP contribution in [0.15, 0.2) is 389 Å². The predicted molar refractivity (Wildman–Crippen MR) is 477 cm³/mol. The van der Waals surface area contributed by atoms with Crippen LogP contribution in [-0.4, -0.2) is 0 Å². The summed E-state index contributed by atoms with van der Waals surface area (Å²) in [5.41, 5.74) is 28.6. The molecule has 18 rings (SSSR count). The van der Waals surface area contributed by atoms with E-state index in [4.69, 9.17) is 9.47 Å². The Labute approximate surface area is 679 Å². The average molecular weight is 1510 g/mol. The summed E-state index contributed by atoms with van der Waals surface area (Å²) in [5.74, 6) is 2.42. The number of hydrogen-bond acceptors (Lipinski definition) is 4. The van der Waals surface area contributed by atoms with Crippen molar-refractivity contribution >= 4 is 46.3 Å². The van der Waals surface area contributed by atoms with Gasteiger partial charge >= 0.3 is 0 Å². The molecule has 0 fully saturated rings. The Hall–Kier alpha value is -13.9. The van der Waals surface area contributed by atoms with Crippen LogP contribution in [0.4, 0.5) is 42.9 Å². The van der Waals surface area contributed by atoms with Crippen LogP contribution in [0.2, 0.25) is 0 Å². The highest BCUT2D eigenvalue weighted by atomic mass is 19.1. The smallest absolute Gasteiger partial charge is 0.127 e. The number of benzene rings is 16. The van der Waals surface area contributed by atoms with Crippen LogP contribution in [0.3, 0.4) is 0 Å². The minimum absolute atomic E-state index is 0.0653. The molecule has 2 atom stereocenters. The summed E-state index contributed by atoms with van der Waals surface area (Å²) >= 11 is 0. The molecule has 0 spiro atoms. The maximum Gasteiger partial charge on any atom is 0.127 e. The number of fused-ring (bicyclic) bond motifs is 6. The highest BCUT2D eigenvalue weighted by Crippen LogP contribution is 2.60.